The molecule has 1 saturated heterocycles. The topological polar surface area (TPSA) is 55.3 Å². The van der Waals surface area contributed by atoms with Crippen LogP contribution >= 0.6 is 24.0 Å². The van der Waals surface area contributed by atoms with Crippen molar-refractivity contribution < 1.29 is 14.2 Å². The lowest BCUT2D eigenvalue weighted by molar-refractivity contribution is -0.00831. The van der Waals surface area contributed by atoms with E-state index in [-0.39, 0.29) is 30.1 Å². The molecule has 154 valence electrons. The Kier molecular flexibility index (Phi) is 12.6. The minimum absolute atomic E-state index is 0. The van der Waals surface area contributed by atoms with Crippen LogP contribution in [-0.4, -0.2) is 71.1 Å². The molecule has 1 aliphatic heterocycles. The van der Waals surface area contributed by atoms with Crippen molar-refractivity contribution in [2.45, 2.75) is 25.9 Å². The summed E-state index contributed by atoms with van der Waals surface area (Å²) < 4.78 is 16.5. The molecule has 27 heavy (non-hydrogen) atoms. The van der Waals surface area contributed by atoms with Crippen molar-refractivity contribution in [1.29, 1.82) is 0 Å². The Morgan fingerprint density at radius 2 is 2.07 bits per heavy atom. The first-order chi connectivity index (χ1) is 12.8. The molecule has 0 radical (unpaired) electrons. The molecule has 1 aromatic carbocycles. The number of guanidine groups is 1. The average molecular weight is 491 g/mol. The van der Waals surface area contributed by atoms with E-state index in [2.05, 4.69) is 46.4 Å². The first-order valence-corrected chi connectivity index (χ1v) is 9.45. The third-order valence-electron chi connectivity index (χ3n) is 4.54. The lowest BCUT2D eigenvalue weighted by Gasteiger charge is -2.35. The highest BCUT2D eigenvalue weighted by atomic mass is 127. The van der Waals surface area contributed by atoms with Crippen molar-refractivity contribution in [3.8, 4) is 0 Å². The Morgan fingerprint density at radius 1 is 1.26 bits per heavy atom. The minimum Gasteiger partial charge on any atom is -0.382 e. The van der Waals surface area contributed by atoms with Gasteiger partial charge in [-0.25, -0.2) is 0 Å². The Hall–Kier alpha value is -0.900. The van der Waals surface area contributed by atoms with Crippen LogP contribution in [0.4, 0.5) is 0 Å². The third kappa shape index (κ3) is 8.33. The molecule has 0 aromatic heterocycles. The molecule has 1 fully saturated rings. The molecule has 1 aromatic rings. The van der Waals surface area contributed by atoms with Crippen LogP contribution in [-0.2, 0) is 14.2 Å². The zero-order valence-electron chi connectivity index (χ0n) is 16.8. The van der Waals surface area contributed by atoms with Crippen molar-refractivity contribution in [1.82, 2.24) is 10.2 Å². The van der Waals surface area contributed by atoms with Gasteiger partial charge in [0.15, 0.2) is 5.96 Å². The van der Waals surface area contributed by atoms with Crippen LogP contribution < -0.4 is 5.32 Å². The number of morpholine rings is 1. The van der Waals surface area contributed by atoms with Gasteiger partial charge in [0.2, 0.25) is 0 Å². The lowest BCUT2D eigenvalue weighted by Crippen LogP contribution is -2.48. The first-order valence-electron chi connectivity index (χ1n) is 9.45. The van der Waals surface area contributed by atoms with Gasteiger partial charge in [0.05, 0.1) is 26.4 Å². The Labute approximate surface area is 180 Å². The van der Waals surface area contributed by atoms with Gasteiger partial charge in [-0.2, -0.15) is 0 Å². The lowest BCUT2D eigenvalue weighted by atomic mass is 10.0. The smallest absolute Gasteiger partial charge is 0.193 e. The van der Waals surface area contributed by atoms with Crippen LogP contribution in [0.1, 0.15) is 30.1 Å². The Balaban J connectivity index is 0.00000364. The van der Waals surface area contributed by atoms with Crippen molar-refractivity contribution in [2.24, 2.45) is 4.99 Å². The quantitative estimate of drug-likeness (QED) is 0.249. The highest BCUT2D eigenvalue weighted by Gasteiger charge is 2.24. The Bertz CT molecular complexity index is 557. The fraction of sp³-hybridized carbons (Fsp3) is 0.650. The number of hydrogen-bond acceptors (Lipinski definition) is 4. The van der Waals surface area contributed by atoms with E-state index in [1.54, 1.807) is 7.11 Å². The van der Waals surface area contributed by atoms with Crippen LogP contribution in [0.2, 0.25) is 0 Å². The molecule has 0 amide bonds. The summed E-state index contributed by atoms with van der Waals surface area (Å²) in [5.74, 6) is 0.951. The molecule has 1 N–H and O–H groups in total. The van der Waals surface area contributed by atoms with Gasteiger partial charge in [0, 0.05) is 33.9 Å². The summed E-state index contributed by atoms with van der Waals surface area (Å²) in [6.07, 6.45) is 2.18. The summed E-state index contributed by atoms with van der Waals surface area (Å²) in [5, 5.41) is 3.47. The van der Waals surface area contributed by atoms with Gasteiger partial charge in [-0.15, -0.1) is 24.0 Å². The summed E-state index contributed by atoms with van der Waals surface area (Å²) in [7, 11) is 3.53. The SMILES string of the molecule is CN=C(NCCCCOCCOC)N1CCOC(c2ccccc2C)C1.I. The molecule has 1 unspecified atom stereocenters. The van der Waals surface area contributed by atoms with Crippen molar-refractivity contribution in [3.63, 3.8) is 0 Å². The van der Waals surface area contributed by atoms with Gasteiger partial charge in [-0.1, -0.05) is 24.3 Å². The van der Waals surface area contributed by atoms with Crippen LogP contribution in [0.15, 0.2) is 29.3 Å². The largest absolute Gasteiger partial charge is 0.382 e. The summed E-state index contributed by atoms with van der Waals surface area (Å²) >= 11 is 0. The third-order valence-corrected chi connectivity index (χ3v) is 4.54. The number of rotatable bonds is 9. The van der Waals surface area contributed by atoms with Gasteiger partial charge in [0.1, 0.15) is 6.10 Å². The molecule has 0 spiro atoms. The maximum atomic E-state index is 6.01. The van der Waals surface area contributed by atoms with Crippen LogP contribution in [0, 0.1) is 6.92 Å². The number of benzene rings is 1. The van der Waals surface area contributed by atoms with Gasteiger partial charge in [0.25, 0.3) is 0 Å². The van der Waals surface area contributed by atoms with E-state index in [9.17, 15) is 0 Å². The number of nitrogens with zero attached hydrogens (tertiary/aromatic N) is 2. The van der Waals surface area contributed by atoms with E-state index < -0.39 is 0 Å². The summed E-state index contributed by atoms with van der Waals surface area (Å²) in [6, 6.07) is 8.44. The van der Waals surface area contributed by atoms with E-state index >= 15 is 0 Å². The van der Waals surface area contributed by atoms with Gasteiger partial charge in [-0.3, -0.25) is 4.99 Å². The van der Waals surface area contributed by atoms with Crippen molar-refractivity contribution in [2.75, 3.05) is 60.2 Å². The van der Waals surface area contributed by atoms with Crippen LogP contribution in [0.25, 0.3) is 0 Å². The van der Waals surface area contributed by atoms with E-state index in [4.69, 9.17) is 14.2 Å². The van der Waals surface area contributed by atoms with E-state index in [0.717, 1.165) is 45.0 Å². The number of nitrogens with one attached hydrogen (secondary N) is 1. The van der Waals surface area contributed by atoms with Crippen molar-refractivity contribution >= 4 is 29.9 Å². The number of halogens is 1. The fourth-order valence-electron chi connectivity index (χ4n) is 3.08. The molecule has 7 heteroatoms. The van der Waals surface area contributed by atoms with Crippen molar-refractivity contribution in [3.05, 3.63) is 35.4 Å². The first kappa shape index (κ1) is 24.1. The molecule has 1 atom stereocenters. The molecule has 1 heterocycles. The maximum Gasteiger partial charge on any atom is 0.193 e. The number of aryl methyl sites for hydroxylation is 1. The summed E-state index contributed by atoms with van der Waals surface area (Å²) in [6.45, 7) is 7.53. The molecule has 0 bridgehead atoms. The molecule has 1 aliphatic rings. The monoisotopic (exact) mass is 491 g/mol. The molecule has 0 saturated carbocycles. The fourth-order valence-corrected chi connectivity index (χ4v) is 3.08. The average Bonchev–Trinajstić information content (AvgIpc) is 2.67. The standard InChI is InChI=1S/C20H33N3O3.HI/c1-17-8-4-5-9-18(17)19-16-23(11-13-26-19)20(21-2)22-10-6-7-12-25-15-14-24-3;/h4-5,8-9,19H,6-7,10-16H2,1-3H3,(H,21,22);1H. The summed E-state index contributed by atoms with van der Waals surface area (Å²) in [5.41, 5.74) is 2.54. The molecule has 6 nitrogen and oxygen atoms in total. The van der Waals surface area contributed by atoms with Gasteiger partial charge >= 0.3 is 0 Å². The second-order valence-corrected chi connectivity index (χ2v) is 6.45. The predicted octanol–water partition coefficient (Wildman–Crippen LogP) is 3.00. The predicted molar refractivity (Wildman–Crippen MR) is 120 cm³/mol. The summed E-state index contributed by atoms with van der Waals surface area (Å²) in [4.78, 5) is 6.74. The number of unbranched alkanes of at least 4 members (excludes halogenated alkanes) is 1. The minimum atomic E-state index is 0. The zero-order valence-corrected chi connectivity index (χ0v) is 19.1. The van der Waals surface area contributed by atoms with E-state index in [1.165, 1.54) is 11.1 Å². The second kappa shape index (κ2) is 14.1. The highest BCUT2D eigenvalue weighted by molar-refractivity contribution is 14.0. The molecule has 0 aliphatic carbocycles. The Morgan fingerprint density at radius 3 is 2.81 bits per heavy atom. The molecular formula is C20H34IN3O3. The van der Waals surface area contributed by atoms with Crippen LogP contribution in [0.3, 0.4) is 0 Å². The number of methoxy groups -OCH3 is 1. The molecular weight excluding hydrogens is 457 g/mol. The number of hydrogen-bond donors (Lipinski definition) is 1. The zero-order chi connectivity index (χ0) is 18.6. The highest BCUT2D eigenvalue weighted by Crippen LogP contribution is 2.24. The number of ether oxygens (including phenoxy) is 3. The van der Waals surface area contributed by atoms with Crippen LogP contribution in [0.5, 0.6) is 0 Å². The van der Waals surface area contributed by atoms with Gasteiger partial charge < -0.3 is 24.4 Å². The molecule has 2 rings (SSSR count). The van der Waals surface area contributed by atoms with Gasteiger partial charge in [-0.05, 0) is 30.9 Å². The maximum absolute atomic E-state index is 6.01. The normalized spacial score (nSPS) is 17.5. The second-order valence-electron chi connectivity index (χ2n) is 6.45. The number of aliphatic imine (C=N–C) groups is 1. The van der Waals surface area contributed by atoms with E-state index in [1.807, 2.05) is 7.05 Å². The van der Waals surface area contributed by atoms with E-state index in [0.29, 0.717) is 19.8 Å².